The summed E-state index contributed by atoms with van der Waals surface area (Å²) in [6.45, 7) is 4.23. The molecule has 1 saturated heterocycles. The monoisotopic (exact) mass is 424 g/mol. The van der Waals surface area contributed by atoms with Crippen molar-refractivity contribution in [3.05, 3.63) is 64.8 Å². The predicted molar refractivity (Wildman–Crippen MR) is 113 cm³/mol. The smallest absolute Gasteiger partial charge is 0.267 e. The summed E-state index contributed by atoms with van der Waals surface area (Å²) < 4.78 is 10.8. The van der Waals surface area contributed by atoms with E-state index in [2.05, 4.69) is 10.2 Å². The van der Waals surface area contributed by atoms with Crippen LogP contribution in [0.25, 0.3) is 0 Å². The lowest BCUT2D eigenvalue weighted by Crippen LogP contribution is -2.43. The van der Waals surface area contributed by atoms with Crippen LogP contribution in [0.15, 0.2) is 54.2 Å². The molecule has 7 nitrogen and oxygen atoms in total. The number of halogens is 1. The molecule has 0 unspecified atom stereocenters. The number of ether oxygens (including phenoxy) is 2. The fourth-order valence-corrected chi connectivity index (χ4v) is 3.62. The van der Waals surface area contributed by atoms with E-state index in [1.807, 2.05) is 29.2 Å². The van der Waals surface area contributed by atoms with E-state index >= 15 is 0 Å². The van der Waals surface area contributed by atoms with Gasteiger partial charge in [0, 0.05) is 49.6 Å². The third-order valence-corrected chi connectivity index (χ3v) is 5.24. The molecule has 0 spiro atoms. The van der Waals surface area contributed by atoms with E-state index in [-0.39, 0.29) is 12.4 Å². The van der Waals surface area contributed by atoms with Gasteiger partial charge in [0.25, 0.3) is 5.91 Å². The molecule has 4 rings (SSSR count). The molecule has 154 valence electrons. The minimum atomic E-state index is -0.442. The maximum Gasteiger partial charge on any atom is 0.267 e. The average Bonchev–Trinajstić information content (AvgIpc) is 3.21. The lowest BCUT2D eigenvalue weighted by molar-refractivity contribution is -0.112. The number of rotatable bonds is 5. The first kappa shape index (κ1) is 20.1. The standard InChI is InChI=1S/C22H21ClN4O3/c23-18-2-1-3-19(11-18)25-22(28)17(12-24)14-27-8-6-26(7-9-27)13-16-4-5-20-21(10-16)30-15-29-20/h1-5,10-11,14H,6-9,13,15H2,(H,25,28)/b17-14-. The van der Waals surface area contributed by atoms with Crippen molar-refractivity contribution >= 4 is 23.2 Å². The van der Waals surface area contributed by atoms with Gasteiger partial charge in [0.05, 0.1) is 0 Å². The largest absolute Gasteiger partial charge is 0.454 e. The average molecular weight is 425 g/mol. The minimum Gasteiger partial charge on any atom is -0.454 e. The van der Waals surface area contributed by atoms with E-state index in [0.717, 1.165) is 44.2 Å². The number of carbonyl (C=O) groups excluding carboxylic acids is 1. The Morgan fingerprint density at radius 3 is 2.70 bits per heavy atom. The topological polar surface area (TPSA) is 77.8 Å². The van der Waals surface area contributed by atoms with Gasteiger partial charge >= 0.3 is 0 Å². The van der Waals surface area contributed by atoms with Gasteiger partial charge in [-0.15, -0.1) is 0 Å². The zero-order chi connectivity index (χ0) is 20.9. The quantitative estimate of drug-likeness (QED) is 0.586. The highest BCUT2D eigenvalue weighted by Crippen LogP contribution is 2.32. The van der Waals surface area contributed by atoms with Crippen LogP contribution in [0.2, 0.25) is 5.02 Å². The third kappa shape index (κ3) is 4.85. The molecule has 30 heavy (non-hydrogen) atoms. The summed E-state index contributed by atoms with van der Waals surface area (Å²) in [5.74, 6) is 1.13. The van der Waals surface area contributed by atoms with Gasteiger partial charge in [-0.05, 0) is 35.9 Å². The number of anilines is 1. The van der Waals surface area contributed by atoms with Crippen LogP contribution < -0.4 is 14.8 Å². The summed E-state index contributed by atoms with van der Waals surface area (Å²) in [5, 5.41) is 12.7. The van der Waals surface area contributed by atoms with Crippen molar-refractivity contribution in [1.29, 1.82) is 5.26 Å². The van der Waals surface area contributed by atoms with Gasteiger partial charge in [0.2, 0.25) is 6.79 Å². The van der Waals surface area contributed by atoms with Crippen molar-refractivity contribution in [2.45, 2.75) is 6.54 Å². The number of nitrogens with zero attached hydrogens (tertiary/aromatic N) is 3. The molecule has 1 N–H and O–H groups in total. The maximum absolute atomic E-state index is 12.4. The van der Waals surface area contributed by atoms with Crippen LogP contribution in [0.1, 0.15) is 5.56 Å². The van der Waals surface area contributed by atoms with Gasteiger partial charge in [-0.1, -0.05) is 23.7 Å². The molecule has 1 amide bonds. The molecule has 2 aromatic carbocycles. The highest BCUT2D eigenvalue weighted by molar-refractivity contribution is 6.31. The Kier molecular flexibility index (Phi) is 6.07. The van der Waals surface area contributed by atoms with Crippen LogP contribution in [-0.2, 0) is 11.3 Å². The van der Waals surface area contributed by atoms with Crippen LogP contribution in [0.3, 0.4) is 0 Å². The van der Waals surface area contributed by atoms with Gasteiger partial charge in [-0.25, -0.2) is 0 Å². The minimum absolute atomic E-state index is 0.0687. The van der Waals surface area contributed by atoms with E-state index in [1.165, 1.54) is 5.56 Å². The van der Waals surface area contributed by atoms with Crippen molar-refractivity contribution in [1.82, 2.24) is 9.80 Å². The highest BCUT2D eigenvalue weighted by atomic mass is 35.5. The van der Waals surface area contributed by atoms with Crippen LogP contribution in [0.5, 0.6) is 11.5 Å². The Hall–Kier alpha value is -3.21. The Morgan fingerprint density at radius 2 is 1.93 bits per heavy atom. The highest BCUT2D eigenvalue weighted by Gasteiger charge is 2.19. The molecular formula is C22H21ClN4O3. The molecule has 0 radical (unpaired) electrons. The second-order valence-electron chi connectivity index (χ2n) is 7.12. The molecule has 0 aromatic heterocycles. The summed E-state index contributed by atoms with van der Waals surface area (Å²) in [7, 11) is 0. The van der Waals surface area contributed by atoms with Gasteiger partial charge in [-0.2, -0.15) is 5.26 Å². The van der Waals surface area contributed by atoms with Gasteiger partial charge < -0.3 is 19.7 Å². The number of carbonyl (C=O) groups is 1. The molecule has 1 fully saturated rings. The number of hydrogen-bond donors (Lipinski definition) is 1. The molecule has 0 atom stereocenters. The molecule has 2 aliphatic rings. The number of benzene rings is 2. The molecule has 2 aromatic rings. The summed E-state index contributed by atoms with van der Waals surface area (Å²) in [6, 6.07) is 14.8. The van der Waals surface area contributed by atoms with E-state index in [1.54, 1.807) is 30.5 Å². The first-order chi connectivity index (χ1) is 14.6. The van der Waals surface area contributed by atoms with E-state index < -0.39 is 5.91 Å². The van der Waals surface area contributed by atoms with Crippen LogP contribution in [-0.4, -0.2) is 48.7 Å². The first-order valence-electron chi connectivity index (χ1n) is 9.64. The molecule has 2 aliphatic heterocycles. The fraction of sp³-hybridized carbons (Fsp3) is 0.273. The van der Waals surface area contributed by atoms with Crippen LogP contribution >= 0.6 is 11.6 Å². The predicted octanol–water partition coefficient (Wildman–Crippen LogP) is 3.23. The zero-order valence-corrected chi connectivity index (χ0v) is 17.1. The molecule has 2 heterocycles. The van der Waals surface area contributed by atoms with Crippen LogP contribution in [0.4, 0.5) is 5.69 Å². The SMILES string of the molecule is N#C/C(=C/N1CCN(Cc2ccc3c(c2)OCO3)CC1)C(=O)Nc1cccc(Cl)c1. The van der Waals surface area contributed by atoms with Crippen molar-refractivity contribution in [3.63, 3.8) is 0 Å². The molecule has 0 saturated carbocycles. The summed E-state index contributed by atoms with van der Waals surface area (Å²) in [6.07, 6.45) is 1.64. The Labute approximate surface area is 180 Å². The molecular weight excluding hydrogens is 404 g/mol. The van der Waals surface area contributed by atoms with Crippen molar-refractivity contribution < 1.29 is 14.3 Å². The lowest BCUT2D eigenvalue weighted by Gasteiger charge is -2.34. The molecule has 8 heteroatoms. The second kappa shape index (κ2) is 9.08. The van der Waals surface area contributed by atoms with Gasteiger partial charge in [-0.3, -0.25) is 9.69 Å². The second-order valence-corrected chi connectivity index (χ2v) is 7.56. The van der Waals surface area contributed by atoms with Gasteiger partial charge in [0.15, 0.2) is 11.5 Å². The lowest BCUT2D eigenvalue weighted by atomic mass is 10.1. The Balaban J connectivity index is 1.31. The van der Waals surface area contributed by atoms with Crippen LogP contribution in [0, 0.1) is 11.3 Å². The zero-order valence-electron chi connectivity index (χ0n) is 16.3. The number of nitrogens with one attached hydrogen (secondary N) is 1. The number of fused-ring (bicyclic) bond motifs is 1. The number of nitriles is 1. The number of amides is 1. The maximum atomic E-state index is 12.4. The van der Waals surface area contributed by atoms with Crippen molar-refractivity contribution in [2.24, 2.45) is 0 Å². The number of hydrogen-bond acceptors (Lipinski definition) is 6. The van der Waals surface area contributed by atoms with E-state index in [0.29, 0.717) is 10.7 Å². The van der Waals surface area contributed by atoms with E-state index in [9.17, 15) is 10.1 Å². The third-order valence-electron chi connectivity index (χ3n) is 5.01. The summed E-state index contributed by atoms with van der Waals surface area (Å²) in [4.78, 5) is 16.8. The first-order valence-corrected chi connectivity index (χ1v) is 10.0. The summed E-state index contributed by atoms with van der Waals surface area (Å²) >= 11 is 5.94. The number of piperazine rings is 1. The molecule has 0 aliphatic carbocycles. The van der Waals surface area contributed by atoms with E-state index in [4.69, 9.17) is 21.1 Å². The Morgan fingerprint density at radius 1 is 1.13 bits per heavy atom. The van der Waals surface area contributed by atoms with Crippen molar-refractivity contribution in [2.75, 3.05) is 38.3 Å². The normalized spacial score (nSPS) is 16.3. The van der Waals surface area contributed by atoms with Crippen molar-refractivity contribution in [3.8, 4) is 17.6 Å². The summed E-state index contributed by atoms with van der Waals surface area (Å²) in [5.41, 5.74) is 1.79. The molecule has 0 bridgehead atoms. The Bertz CT molecular complexity index is 1010. The van der Waals surface area contributed by atoms with Gasteiger partial charge in [0.1, 0.15) is 11.6 Å². The fourth-order valence-electron chi connectivity index (χ4n) is 3.43.